The largest absolute Gasteiger partial charge is 0.489 e. The molecule has 9 nitrogen and oxygen atoms in total. The molecule has 0 saturated heterocycles. The Bertz CT molecular complexity index is 1330. The molecule has 186 valence electrons. The summed E-state index contributed by atoms with van der Waals surface area (Å²) in [7, 11) is -2.58. The van der Waals surface area contributed by atoms with Gasteiger partial charge in [0.15, 0.2) is 0 Å². The van der Waals surface area contributed by atoms with Crippen molar-refractivity contribution in [3.8, 4) is 5.75 Å². The van der Waals surface area contributed by atoms with Crippen molar-refractivity contribution in [3.05, 3.63) is 65.9 Å². The summed E-state index contributed by atoms with van der Waals surface area (Å²) < 4.78 is 33.7. The van der Waals surface area contributed by atoms with Crippen molar-refractivity contribution in [2.45, 2.75) is 43.7 Å². The molecule has 1 aromatic heterocycles. The Morgan fingerprint density at radius 3 is 2.63 bits per heavy atom. The number of amides is 1. The van der Waals surface area contributed by atoms with Gasteiger partial charge in [0.1, 0.15) is 12.4 Å². The van der Waals surface area contributed by atoms with Crippen LogP contribution in [0.5, 0.6) is 5.75 Å². The number of aliphatic hydroxyl groups excluding tert-OH is 1. The number of hydrogen-bond acceptors (Lipinski definition) is 7. The molecule has 1 heterocycles. The SMILES string of the molecule is Cc1cc(COc2ccc(S(=O)(=O)N(C)[C@@H]3CCC[C@]3(CO)C(=O)NO)cc2)c2ccccc2n1. The molecule has 1 aliphatic carbocycles. The zero-order valence-corrected chi connectivity index (χ0v) is 20.5. The summed E-state index contributed by atoms with van der Waals surface area (Å²) in [5.41, 5.74) is 2.93. The Labute approximate surface area is 204 Å². The molecule has 0 radical (unpaired) electrons. The maximum Gasteiger partial charge on any atom is 0.253 e. The van der Waals surface area contributed by atoms with Crippen LogP contribution in [0.4, 0.5) is 0 Å². The summed E-state index contributed by atoms with van der Waals surface area (Å²) >= 11 is 0. The topological polar surface area (TPSA) is 129 Å². The van der Waals surface area contributed by atoms with Crippen molar-refractivity contribution in [3.63, 3.8) is 0 Å². The summed E-state index contributed by atoms with van der Waals surface area (Å²) in [6.07, 6.45) is 1.22. The van der Waals surface area contributed by atoms with Gasteiger partial charge >= 0.3 is 0 Å². The van der Waals surface area contributed by atoms with Crippen molar-refractivity contribution >= 4 is 26.8 Å². The molecule has 1 amide bonds. The van der Waals surface area contributed by atoms with E-state index in [2.05, 4.69) is 4.98 Å². The van der Waals surface area contributed by atoms with Crippen LogP contribution < -0.4 is 10.2 Å². The van der Waals surface area contributed by atoms with Crippen molar-refractivity contribution in [2.75, 3.05) is 13.7 Å². The van der Waals surface area contributed by atoms with Gasteiger partial charge in [-0.3, -0.25) is 15.0 Å². The first-order valence-electron chi connectivity index (χ1n) is 11.3. The number of carbonyl (C=O) groups is 1. The third-order valence-corrected chi connectivity index (χ3v) is 8.72. The molecule has 3 N–H and O–H groups in total. The first kappa shape index (κ1) is 25.1. The van der Waals surface area contributed by atoms with E-state index in [1.807, 2.05) is 37.3 Å². The predicted octanol–water partition coefficient (Wildman–Crippen LogP) is 2.78. The van der Waals surface area contributed by atoms with E-state index in [0.717, 1.165) is 26.5 Å². The van der Waals surface area contributed by atoms with Crippen LogP contribution in [0, 0.1) is 12.3 Å². The van der Waals surface area contributed by atoms with E-state index in [1.54, 1.807) is 17.6 Å². The molecule has 2 atom stereocenters. The Balaban J connectivity index is 1.52. The van der Waals surface area contributed by atoms with Gasteiger partial charge in [-0.15, -0.1) is 0 Å². The number of carbonyl (C=O) groups excluding carboxylic acids is 1. The standard InChI is InChI=1S/C25H29N3O6S/c1-17-14-18(21-6-3-4-7-22(21)26-17)15-34-19-9-11-20(12-10-19)35(32,33)28(2)23-8-5-13-25(23,16-29)24(30)27-31/h3-4,6-7,9-12,14,23,29,31H,5,8,13,15-16H2,1-2H3,(H,27,30)/t23-,25-/m1/s1. The maximum atomic E-state index is 13.3. The number of aryl methyl sites for hydroxylation is 1. The number of benzene rings is 2. The Kier molecular flexibility index (Phi) is 7.09. The fraction of sp³-hybridized carbons (Fsp3) is 0.360. The highest BCUT2D eigenvalue weighted by Gasteiger charge is 2.52. The number of ether oxygens (including phenoxy) is 1. The van der Waals surface area contributed by atoms with E-state index in [4.69, 9.17) is 9.94 Å². The van der Waals surface area contributed by atoms with E-state index >= 15 is 0 Å². The number of aromatic nitrogens is 1. The lowest BCUT2D eigenvalue weighted by Crippen LogP contribution is -2.54. The molecule has 35 heavy (non-hydrogen) atoms. The van der Waals surface area contributed by atoms with Gasteiger partial charge in [-0.1, -0.05) is 24.6 Å². The number of sulfonamides is 1. The lowest BCUT2D eigenvalue weighted by molar-refractivity contribution is -0.144. The monoisotopic (exact) mass is 499 g/mol. The van der Waals surface area contributed by atoms with Crippen LogP contribution in [0.3, 0.4) is 0 Å². The van der Waals surface area contributed by atoms with E-state index in [0.29, 0.717) is 25.2 Å². The van der Waals surface area contributed by atoms with Gasteiger partial charge < -0.3 is 9.84 Å². The molecule has 1 saturated carbocycles. The quantitative estimate of drug-likeness (QED) is 0.321. The van der Waals surface area contributed by atoms with Crippen LogP contribution in [-0.2, 0) is 21.4 Å². The number of nitrogens with zero attached hydrogens (tertiary/aromatic N) is 2. The number of aliphatic hydroxyl groups is 1. The Morgan fingerprint density at radius 2 is 1.94 bits per heavy atom. The van der Waals surface area contributed by atoms with Gasteiger partial charge in [-0.2, -0.15) is 4.31 Å². The van der Waals surface area contributed by atoms with Gasteiger partial charge in [-0.05, 0) is 56.2 Å². The average Bonchev–Trinajstić information content (AvgIpc) is 3.31. The molecule has 0 aliphatic heterocycles. The minimum absolute atomic E-state index is 0.0423. The molecule has 3 aromatic rings. The molecular weight excluding hydrogens is 470 g/mol. The van der Waals surface area contributed by atoms with Crippen molar-refractivity contribution < 1.29 is 28.3 Å². The number of hydroxylamine groups is 1. The highest BCUT2D eigenvalue weighted by atomic mass is 32.2. The van der Waals surface area contributed by atoms with E-state index in [-0.39, 0.29) is 11.3 Å². The molecule has 0 spiro atoms. The first-order chi connectivity index (χ1) is 16.7. The fourth-order valence-electron chi connectivity index (χ4n) is 4.93. The second kappa shape index (κ2) is 9.90. The summed E-state index contributed by atoms with van der Waals surface area (Å²) in [6, 6.07) is 15.1. The minimum Gasteiger partial charge on any atom is -0.489 e. The zero-order chi connectivity index (χ0) is 25.2. The van der Waals surface area contributed by atoms with Gasteiger partial charge in [-0.25, -0.2) is 13.9 Å². The Morgan fingerprint density at radius 1 is 1.23 bits per heavy atom. The number of rotatable bonds is 8. The normalized spacial score (nSPS) is 20.3. The summed E-state index contributed by atoms with van der Waals surface area (Å²) in [4.78, 5) is 16.9. The highest BCUT2D eigenvalue weighted by molar-refractivity contribution is 7.89. The third-order valence-electron chi connectivity index (χ3n) is 6.84. The van der Waals surface area contributed by atoms with Crippen LogP contribution in [-0.4, -0.2) is 53.6 Å². The number of fused-ring (bicyclic) bond motifs is 1. The van der Waals surface area contributed by atoms with Crippen LogP contribution in [0.25, 0.3) is 10.9 Å². The molecule has 0 bridgehead atoms. The second-order valence-corrected chi connectivity index (χ2v) is 10.9. The maximum absolute atomic E-state index is 13.3. The van der Waals surface area contributed by atoms with Crippen LogP contribution in [0.2, 0.25) is 0 Å². The van der Waals surface area contributed by atoms with E-state index in [9.17, 15) is 18.3 Å². The fourth-order valence-corrected chi connectivity index (χ4v) is 6.39. The molecule has 2 aromatic carbocycles. The molecular formula is C25H29N3O6S. The minimum atomic E-state index is -3.97. The van der Waals surface area contributed by atoms with Crippen LogP contribution in [0.15, 0.2) is 59.5 Å². The van der Waals surface area contributed by atoms with E-state index in [1.165, 1.54) is 19.2 Å². The smallest absolute Gasteiger partial charge is 0.253 e. The first-order valence-corrected chi connectivity index (χ1v) is 12.8. The van der Waals surface area contributed by atoms with Crippen LogP contribution in [0.1, 0.15) is 30.5 Å². The Hall–Kier alpha value is -3.05. The molecule has 10 heteroatoms. The number of para-hydroxylation sites is 1. The third kappa shape index (κ3) is 4.62. The predicted molar refractivity (Wildman–Crippen MR) is 129 cm³/mol. The average molecular weight is 500 g/mol. The zero-order valence-electron chi connectivity index (χ0n) is 19.6. The molecule has 4 rings (SSSR count). The number of nitrogens with one attached hydrogen (secondary N) is 1. The number of pyridine rings is 1. The molecule has 1 aliphatic rings. The lowest BCUT2D eigenvalue weighted by atomic mass is 9.82. The second-order valence-electron chi connectivity index (χ2n) is 8.88. The van der Waals surface area contributed by atoms with Crippen LogP contribution >= 0.6 is 0 Å². The lowest BCUT2D eigenvalue weighted by Gasteiger charge is -2.36. The van der Waals surface area contributed by atoms with Gasteiger partial charge in [0.2, 0.25) is 10.0 Å². The molecule has 0 unspecified atom stereocenters. The van der Waals surface area contributed by atoms with Gasteiger partial charge in [0, 0.05) is 29.7 Å². The van der Waals surface area contributed by atoms with Crippen molar-refractivity contribution in [1.82, 2.24) is 14.8 Å². The van der Waals surface area contributed by atoms with Crippen molar-refractivity contribution in [1.29, 1.82) is 0 Å². The highest BCUT2D eigenvalue weighted by Crippen LogP contribution is 2.42. The summed E-state index contributed by atoms with van der Waals surface area (Å²) in [6.45, 7) is 1.65. The summed E-state index contributed by atoms with van der Waals surface area (Å²) in [5, 5.41) is 20.1. The van der Waals surface area contributed by atoms with Gasteiger partial charge in [0.25, 0.3) is 5.91 Å². The summed E-state index contributed by atoms with van der Waals surface area (Å²) in [5.74, 6) is -0.275. The van der Waals surface area contributed by atoms with Crippen molar-refractivity contribution in [2.24, 2.45) is 5.41 Å². The molecule has 1 fully saturated rings. The number of hydrogen-bond donors (Lipinski definition) is 3. The van der Waals surface area contributed by atoms with E-state index < -0.39 is 34.0 Å². The van der Waals surface area contributed by atoms with Gasteiger partial charge in [0.05, 0.1) is 22.4 Å².